The zero-order valence-corrected chi connectivity index (χ0v) is 12.3. The second kappa shape index (κ2) is 4.76. The molecule has 0 amide bonds. The van der Waals surface area contributed by atoms with Crippen molar-refractivity contribution in [3.8, 4) is 0 Å². The van der Waals surface area contributed by atoms with Gasteiger partial charge in [-0.25, -0.2) is 4.98 Å². The Bertz CT molecular complexity index is 781. The Morgan fingerprint density at radius 1 is 1.25 bits per heavy atom. The van der Waals surface area contributed by atoms with E-state index in [2.05, 4.69) is 29.6 Å². The number of aromatic nitrogens is 1. The Balaban J connectivity index is 1.65. The van der Waals surface area contributed by atoms with E-state index in [9.17, 15) is 0 Å². The second-order valence-electron chi connectivity index (χ2n) is 5.09. The Hall–Kier alpha value is -1.58. The Morgan fingerprint density at radius 2 is 2.15 bits per heavy atom. The van der Waals surface area contributed by atoms with Crippen molar-refractivity contribution in [2.45, 2.75) is 12.3 Å². The van der Waals surface area contributed by atoms with Crippen molar-refractivity contribution in [3.05, 3.63) is 58.1 Å². The molecule has 0 saturated heterocycles. The van der Waals surface area contributed by atoms with Crippen LogP contribution in [0.4, 0.5) is 5.69 Å². The molecule has 0 spiro atoms. The number of hydrogen-bond donors (Lipinski definition) is 1. The third-order valence-electron chi connectivity index (χ3n) is 3.76. The number of para-hydroxylation sites is 1. The van der Waals surface area contributed by atoms with Crippen LogP contribution in [0, 0.1) is 0 Å². The Kier molecular flexibility index (Phi) is 2.90. The fourth-order valence-corrected chi connectivity index (χ4v) is 4.11. The number of anilines is 1. The number of halogens is 1. The SMILES string of the molecule is Clc1ccc2nc(CC3CNc4ccccc43)sc2c1. The highest BCUT2D eigenvalue weighted by Crippen LogP contribution is 2.35. The van der Waals surface area contributed by atoms with Crippen molar-refractivity contribution >= 4 is 38.8 Å². The molecule has 1 atom stereocenters. The number of benzene rings is 2. The quantitative estimate of drug-likeness (QED) is 0.742. The van der Waals surface area contributed by atoms with E-state index >= 15 is 0 Å². The maximum absolute atomic E-state index is 6.03. The average Bonchev–Trinajstić information content (AvgIpc) is 3.03. The average molecular weight is 301 g/mol. The molecule has 4 rings (SSSR count). The fraction of sp³-hybridized carbons (Fsp3) is 0.188. The molecule has 4 heteroatoms. The topological polar surface area (TPSA) is 24.9 Å². The summed E-state index contributed by atoms with van der Waals surface area (Å²) >= 11 is 7.78. The van der Waals surface area contributed by atoms with Crippen LogP contribution in [0.1, 0.15) is 16.5 Å². The lowest BCUT2D eigenvalue weighted by molar-refractivity contribution is 0.749. The number of fused-ring (bicyclic) bond motifs is 2. The van der Waals surface area contributed by atoms with Gasteiger partial charge in [0, 0.05) is 29.6 Å². The first-order chi connectivity index (χ1) is 9.79. The van der Waals surface area contributed by atoms with Crippen LogP contribution < -0.4 is 5.32 Å². The third-order valence-corrected chi connectivity index (χ3v) is 5.03. The highest BCUT2D eigenvalue weighted by Gasteiger charge is 2.22. The first-order valence-corrected chi connectivity index (χ1v) is 7.87. The Morgan fingerprint density at radius 3 is 3.10 bits per heavy atom. The molecular weight excluding hydrogens is 288 g/mol. The first kappa shape index (κ1) is 12.2. The fourth-order valence-electron chi connectivity index (χ4n) is 2.78. The molecule has 1 aliphatic rings. The van der Waals surface area contributed by atoms with Crippen LogP contribution in [0.5, 0.6) is 0 Å². The summed E-state index contributed by atoms with van der Waals surface area (Å²) in [6, 6.07) is 14.4. The largest absolute Gasteiger partial charge is 0.384 e. The molecule has 1 aliphatic heterocycles. The van der Waals surface area contributed by atoms with Gasteiger partial charge in [0.2, 0.25) is 0 Å². The molecule has 20 heavy (non-hydrogen) atoms. The third kappa shape index (κ3) is 2.07. The van der Waals surface area contributed by atoms with E-state index in [-0.39, 0.29) is 0 Å². The summed E-state index contributed by atoms with van der Waals surface area (Å²) < 4.78 is 1.17. The lowest BCUT2D eigenvalue weighted by Gasteiger charge is -2.07. The van der Waals surface area contributed by atoms with E-state index in [0.29, 0.717) is 5.92 Å². The number of hydrogen-bond acceptors (Lipinski definition) is 3. The van der Waals surface area contributed by atoms with E-state index in [4.69, 9.17) is 16.6 Å². The molecular formula is C16H13ClN2S. The molecule has 2 aromatic carbocycles. The molecule has 0 fully saturated rings. The highest BCUT2D eigenvalue weighted by molar-refractivity contribution is 7.18. The molecule has 1 N–H and O–H groups in total. The number of rotatable bonds is 2. The summed E-state index contributed by atoms with van der Waals surface area (Å²) in [5.74, 6) is 0.516. The zero-order valence-electron chi connectivity index (χ0n) is 10.8. The summed E-state index contributed by atoms with van der Waals surface area (Å²) in [5, 5.41) is 5.43. The maximum atomic E-state index is 6.03. The lowest BCUT2D eigenvalue weighted by Crippen LogP contribution is -2.05. The summed E-state index contributed by atoms with van der Waals surface area (Å²) in [6.45, 7) is 0.996. The maximum Gasteiger partial charge on any atom is 0.0945 e. The van der Waals surface area contributed by atoms with Gasteiger partial charge < -0.3 is 5.32 Å². The molecule has 2 heterocycles. The summed E-state index contributed by atoms with van der Waals surface area (Å²) in [4.78, 5) is 4.72. The van der Waals surface area contributed by atoms with Gasteiger partial charge in [-0.15, -0.1) is 11.3 Å². The van der Waals surface area contributed by atoms with Crippen molar-refractivity contribution in [2.75, 3.05) is 11.9 Å². The zero-order chi connectivity index (χ0) is 13.5. The van der Waals surface area contributed by atoms with E-state index in [1.807, 2.05) is 18.2 Å². The van der Waals surface area contributed by atoms with Gasteiger partial charge in [-0.1, -0.05) is 29.8 Å². The molecule has 0 aliphatic carbocycles. The minimum Gasteiger partial charge on any atom is -0.384 e. The molecule has 1 unspecified atom stereocenters. The predicted octanol–water partition coefficient (Wildman–Crippen LogP) is 4.70. The van der Waals surface area contributed by atoms with Crippen molar-refractivity contribution < 1.29 is 0 Å². The van der Waals surface area contributed by atoms with E-state index < -0.39 is 0 Å². The smallest absolute Gasteiger partial charge is 0.0945 e. The van der Waals surface area contributed by atoms with E-state index in [1.54, 1.807) is 11.3 Å². The predicted molar refractivity (Wildman–Crippen MR) is 86.0 cm³/mol. The van der Waals surface area contributed by atoms with Gasteiger partial charge >= 0.3 is 0 Å². The summed E-state index contributed by atoms with van der Waals surface area (Å²) in [6.07, 6.45) is 0.987. The minimum absolute atomic E-state index is 0.516. The lowest BCUT2D eigenvalue weighted by atomic mass is 9.98. The number of thiazole rings is 1. The van der Waals surface area contributed by atoms with Gasteiger partial charge in [0.25, 0.3) is 0 Å². The van der Waals surface area contributed by atoms with Crippen molar-refractivity contribution in [1.82, 2.24) is 4.98 Å². The Labute approximate surface area is 126 Å². The highest BCUT2D eigenvalue weighted by atomic mass is 35.5. The van der Waals surface area contributed by atoms with Crippen molar-refractivity contribution in [2.24, 2.45) is 0 Å². The standard InChI is InChI=1S/C16H13ClN2S/c17-11-5-6-14-15(8-11)20-16(19-14)7-10-9-18-13-4-2-1-3-12(10)13/h1-6,8,10,18H,7,9H2. The van der Waals surface area contributed by atoms with E-state index in [1.165, 1.54) is 21.0 Å². The molecule has 3 aromatic rings. The number of nitrogens with one attached hydrogen (secondary N) is 1. The molecule has 100 valence electrons. The van der Waals surface area contributed by atoms with Crippen LogP contribution in [0.15, 0.2) is 42.5 Å². The van der Waals surface area contributed by atoms with Gasteiger partial charge in [0.15, 0.2) is 0 Å². The molecule has 0 radical (unpaired) electrons. The normalized spacial score (nSPS) is 17.1. The van der Waals surface area contributed by atoms with Gasteiger partial charge in [-0.3, -0.25) is 0 Å². The first-order valence-electron chi connectivity index (χ1n) is 6.67. The second-order valence-corrected chi connectivity index (χ2v) is 6.64. The van der Waals surface area contributed by atoms with Crippen LogP contribution in [0.2, 0.25) is 5.02 Å². The van der Waals surface area contributed by atoms with Crippen LogP contribution in [0.3, 0.4) is 0 Å². The monoisotopic (exact) mass is 300 g/mol. The van der Waals surface area contributed by atoms with Crippen LogP contribution in [-0.2, 0) is 6.42 Å². The van der Waals surface area contributed by atoms with Crippen LogP contribution in [0.25, 0.3) is 10.2 Å². The van der Waals surface area contributed by atoms with Crippen molar-refractivity contribution in [1.29, 1.82) is 0 Å². The minimum atomic E-state index is 0.516. The molecule has 0 saturated carbocycles. The van der Waals surface area contributed by atoms with Gasteiger partial charge in [0.1, 0.15) is 0 Å². The molecule has 1 aromatic heterocycles. The molecule has 0 bridgehead atoms. The van der Waals surface area contributed by atoms with Gasteiger partial charge in [-0.2, -0.15) is 0 Å². The van der Waals surface area contributed by atoms with Gasteiger partial charge in [0.05, 0.1) is 15.2 Å². The van der Waals surface area contributed by atoms with Crippen LogP contribution >= 0.6 is 22.9 Å². The number of nitrogens with zero attached hydrogens (tertiary/aromatic N) is 1. The summed E-state index contributed by atoms with van der Waals surface area (Å²) in [5.41, 5.74) is 3.72. The van der Waals surface area contributed by atoms with Gasteiger partial charge in [-0.05, 0) is 29.8 Å². The van der Waals surface area contributed by atoms with E-state index in [0.717, 1.165) is 23.5 Å². The van der Waals surface area contributed by atoms with Crippen LogP contribution in [-0.4, -0.2) is 11.5 Å². The molecule has 2 nitrogen and oxygen atoms in total. The van der Waals surface area contributed by atoms with Crippen molar-refractivity contribution in [3.63, 3.8) is 0 Å². The summed E-state index contributed by atoms with van der Waals surface area (Å²) in [7, 11) is 0.